The van der Waals surface area contributed by atoms with Crippen molar-refractivity contribution < 1.29 is 9.90 Å². The lowest BCUT2D eigenvalue weighted by molar-refractivity contribution is -0.145. The molecule has 64 valence electrons. The van der Waals surface area contributed by atoms with E-state index in [4.69, 9.17) is 5.11 Å². The summed E-state index contributed by atoms with van der Waals surface area (Å²) < 4.78 is 0. The van der Waals surface area contributed by atoms with E-state index >= 15 is 0 Å². The topological polar surface area (TPSA) is 40.5 Å². The predicted molar refractivity (Wildman–Crippen MR) is 42.5 cm³/mol. The molecule has 0 aliphatic heterocycles. The number of aliphatic carboxylic acids is 1. The molecule has 1 aliphatic carbocycles. The van der Waals surface area contributed by atoms with E-state index in [1.54, 1.807) is 0 Å². The Bertz CT molecular complexity index is 173. The van der Waals surface area contributed by atoms with Crippen molar-refractivity contribution in [2.45, 2.75) is 25.8 Å². The molecule has 1 fully saturated rings. The van der Waals surface area contributed by atoms with Crippen molar-refractivity contribution in [2.24, 2.45) is 5.41 Å². The molecular weight excluding hydrogens is 142 g/mol. The summed E-state index contributed by atoms with van der Waals surface area (Å²) in [6, 6.07) is 0.153. The fourth-order valence-electron chi connectivity index (χ4n) is 1.44. The van der Waals surface area contributed by atoms with Gasteiger partial charge in [0.15, 0.2) is 0 Å². The van der Waals surface area contributed by atoms with E-state index in [0.717, 1.165) is 12.8 Å². The summed E-state index contributed by atoms with van der Waals surface area (Å²) in [6.07, 6.45) is 1.67. The number of nitrogens with zero attached hydrogens (tertiary/aromatic N) is 1. The highest BCUT2D eigenvalue weighted by Crippen LogP contribution is 2.50. The minimum Gasteiger partial charge on any atom is -0.481 e. The monoisotopic (exact) mass is 157 g/mol. The van der Waals surface area contributed by atoms with E-state index in [9.17, 15) is 4.79 Å². The molecule has 0 bridgehead atoms. The molecule has 0 aromatic carbocycles. The Morgan fingerprint density at radius 1 is 1.55 bits per heavy atom. The molecule has 11 heavy (non-hydrogen) atoms. The summed E-state index contributed by atoms with van der Waals surface area (Å²) in [5, 5.41) is 8.90. The second-order valence-corrected chi connectivity index (χ2v) is 3.60. The molecule has 0 spiro atoms. The summed E-state index contributed by atoms with van der Waals surface area (Å²) in [6.45, 7) is 1.97. The van der Waals surface area contributed by atoms with Gasteiger partial charge in [-0.2, -0.15) is 0 Å². The Labute approximate surface area is 67.0 Å². The first kappa shape index (κ1) is 8.53. The van der Waals surface area contributed by atoms with Gasteiger partial charge in [-0.05, 0) is 33.9 Å². The minimum absolute atomic E-state index is 0.153. The van der Waals surface area contributed by atoms with Crippen LogP contribution in [0.5, 0.6) is 0 Å². The Kier molecular flexibility index (Phi) is 1.92. The summed E-state index contributed by atoms with van der Waals surface area (Å²) in [4.78, 5) is 12.8. The van der Waals surface area contributed by atoms with Gasteiger partial charge in [-0.3, -0.25) is 4.79 Å². The van der Waals surface area contributed by atoms with Crippen molar-refractivity contribution in [1.82, 2.24) is 4.90 Å². The summed E-state index contributed by atoms with van der Waals surface area (Å²) in [5.41, 5.74) is -0.427. The molecule has 1 saturated carbocycles. The lowest BCUT2D eigenvalue weighted by Gasteiger charge is -2.25. The average molecular weight is 157 g/mol. The third-order valence-electron chi connectivity index (χ3n) is 2.79. The fourth-order valence-corrected chi connectivity index (χ4v) is 1.44. The summed E-state index contributed by atoms with van der Waals surface area (Å²) in [7, 11) is 3.85. The maximum Gasteiger partial charge on any atom is 0.311 e. The minimum atomic E-state index is -0.640. The van der Waals surface area contributed by atoms with Crippen LogP contribution in [-0.2, 0) is 4.79 Å². The van der Waals surface area contributed by atoms with E-state index in [2.05, 4.69) is 0 Å². The van der Waals surface area contributed by atoms with Gasteiger partial charge < -0.3 is 10.0 Å². The van der Waals surface area contributed by atoms with Crippen LogP contribution in [-0.4, -0.2) is 36.1 Å². The van der Waals surface area contributed by atoms with Crippen LogP contribution in [0, 0.1) is 5.41 Å². The lowest BCUT2D eigenvalue weighted by atomic mass is 9.97. The zero-order chi connectivity index (χ0) is 8.65. The average Bonchev–Trinajstić information content (AvgIpc) is 2.65. The molecule has 0 radical (unpaired) electrons. The number of carbonyl (C=O) groups is 1. The molecule has 1 unspecified atom stereocenters. The molecule has 1 rings (SSSR count). The van der Waals surface area contributed by atoms with E-state index in [1.807, 2.05) is 25.9 Å². The number of carboxylic acid groups (broad SMARTS) is 1. The van der Waals surface area contributed by atoms with Crippen molar-refractivity contribution in [1.29, 1.82) is 0 Å². The van der Waals surface area contributed by atoms with Crippen LogP contribution < -0.4 is 0 Å². The Hall–Kier alpha value is -0.570. The van der Waals surface area contributed by atoms with E-state index < -0.39 is 11.4 Å². The zero-order valence-electron chi connectivity index (χ0n) is 7.29. The lowest BCUT2D eigenvalue weighted by Crippen LogP contribution is -2.38. The molecule has 3 heteroatoms. The standard InChI is InChI=1S/C8H15NO2/c1-6(9(2)3)8(4-5-8)7(10)11/h6H,4-5H2,1-3H3,(H,10,11). The number of hydrogen-bond acceptors (Lipinski definition) is 2. The van der Waals surface area contributed by atoms with E-state index in [1.165, 1.54) is 0 Å². The van der Waals surface area contributed by atoms with Crippen molar-refractivity contribution in [2.75, 3.05) is 14.1 Å². The second kappa shape index (κ2) is 2.48. The highest BCUT2D eigenvalue weighted by molar-refractivity contribution is 5.78. The SMILES string of the molecule is CC(N(C)C)C1(C(=O)O)CC1. The molecule has 0 heterocycles. The number of rotatable bonds is 3. The quantitative estimate of drug-likeness (QED) is 0.658. The normalized spacial score (nSPS) is 23.3. The fraction of sp³-hybridized carbons (Fsp3) is 0.875. The van der Waals surface area contributed by atoms with Gasteiger partial charge in [-0.15, -0.1) is 0 Å². The van der Waals surface area contributed by atoms with Crippen LogP contribution in [0.25, 0.3) is 0 Å². The third kappa shape index (κ3) is 1.25. The van der Waals surface area contributed by atoms with E-state index in [-0.39, 0.29) is 6.04 Å². The zero-order valence-corrected chi connectivity index (χ0v) is 7.29. The maximum atomic E-state index is 10.8. The first-order chi connectivity index (χ1) is 5.00. The van der Waals surface area contributed by atoms with Gasteiger partial charge in [0, 0.05) is 6.04 Å². The van der Waals surface area contributed by atoms with Crippen LogP contribution in [0.4, 0.5) is 0 Å². The van der Waals surface area contributed by atoms with Gasteiger partial charge in [0.05, 0.1) is 5.41 Å². The highest BCUT2D eigenvalue weighted by atomic mass is 16.4. The van der Waals surface area contributed by atoms with Crippen molar-refractivity contribution in [3.8, 4) is 0 Å². The van der Waals surface area contributed by atoms with Gasteiger partial charge in [-0.1, -0.05) is 0 Å². The van der Waals surface area contributed by atoms with Gasteiger partial charge in [0.2, 0.25) is 0 Å². The predicted octanol–water partition coefficient (Wildman–Crippen LogP) is 0.801. The first-order valence-electron chi connectivity index (χ1n) is 3.90. The molecule has 0 amide bonds. The molecule has 0 aromatic heterocycles. The number of hydrogen-bond donors (Lipinski definition) is 1. The molecule has 1 atom stereocenters. The molecule has 1 N–H and O–H groups in total. The van der Waals surface area contributed by atoms with E-state index in [0.29, 0.717) is 0 Å². The van der Waals surface area contributed by atoms with Crippen LogP contribution in [0.15, 0.2) is 0 Å². The second-order valence-electron chi connectivity index (χ2n) is 3.60. The first-order valence-corrected chi connectivity index (χ1v) is 3.90. The van der Waals surface area contributed by atoms with Gasteiger partial charge >= 0.3 is 5.97 Å². The maximum absolute atomic E-state index is 10.8. The van der Waals surface area contributed by atoms with Gasteiger partial charge in [0.1, 0.15) is 0 Å². The molecule has 0 saturated heterocycles. The van der Waals surface area contributed by atoms with Crippen LogP contribution in [0.3, 0.4) is 0 Å². The largest absolute Gasteiger partial charge is 0.481 e. The van der Waals surface area contributed by atoms with Gasteiger partial charge in [0.25, 0.3) is 0 Å². The van der Waals surface area contributed by atoms with Crippen molar-refractivity contribution in [3.63, 3.8) is 0 Å². The van der Waals surface area contributed by atoms with Crippen molar-refractivity contribution >= 4 is 5.97 Å². The summed E-state index contributed by atoms with van der Waals surface area (Å²) in [5.74, 6) is -0.640. The van der Waals surface area contributed by atoms with Gasteiger partial charge in [-0.25, -0.2) is 0 Å². The smallest absolute Gasteiger partial charge is 0.311 e. The summed E-state index contributed by atoms with van der Waals surface area (Å²) >= 11 is 0. The van der Waals surface area contributed by atoms with Crippen LogP contribution in [0.1, 0.15) is 19.8 Å². The third-order valence-corrected chi connectivity index (χ3v) is 2.79. The molecular formula is C8H15NO2. The van der Waals surface area contributed by atoms with Crippen LogP contribution >= 0.6 is 0 Å². The van der Waals surface area contributed by atoms with Crippen LogP contribution in [0.2, 0.25) is 0 Å². The molecule has 3 nitrogen and oxygen atoms in total. The van der Waals surface area contributed by atoms with Crippen molar-refractivity contribution in [3.05, 3.63) is 0 Å². The Balaban J connectivity index is 2.65. The Morgan fingerprint density at radius 2 is 2.00 bits per heavy atom. The molecule has 1 aliphatic rings. The number of carboxylic acids is 1. The molecule has 0 aromatic rings. The highest BCUT2D eigenvalue weighted by Gasteiger charge is 2.54. The Morgan fingerprint density at radius 3 is 2.09 bits per heavy atom.